The largest absolute Gasteiger partial charge is 0.198 e. The predicted octanol–water partition coefficient (Wildman–Crippen LogP) is 4.49. The number of hydrogen-bond donors (Lipinski definition) is 0. The van der Waals surface area contributed by atoms with Crippen LogP contribution in [0.5, 0.6) is 0 Å². The highest BCUT2D eigenvalue weighted by Crippen LogP contribution is 2.31. The molecule has 1 heteroatoms. The van der Waals surface area contributed by atoms with Gasteiger partial charge < -0.3 is 0 Å². The predicted molar refractivity (Wildman–Crippen MR) is 71.8 cm³/mol. The van der Waals surface area contributed by atoms with Crippen molar-refractivity contribution in [3.63, 3.8) is 0 Å². The van der Waals surface area contributed by atoms with Crippen LogP contribution in [0.1, 0.15) is 31.7 Å². The normalized spacial score (nSPS) is 14.2. The topological polar surface area (TPSA) is 23.8 Å². The summed E-state index contributed by atoms with van der Waals surface area (Å²) in [7, 11) is 0. The fourth-order valence-electron chi connectivity index (χ4n) is 2.26. The molecule has 0 saturated heterocycles. The van der Waals surface area contributed by atoms with Crippen LogP contribution >= 0.6 is 0 Å². The smallest absolute Gasteiger partial charge is 0.0744 e. The van der Waals surface area contributed by atoms with E-state index in [0.29, 0.717) is 5.92 Å². The summed E-state index contributed by atoms with van der Waals surface area (Å²) in [5, 5.41) is 11.8. The van der Waals surface area contributed by atoms with Crippen LogP contribution in [0, 0.1) is 17.2 Å². The second-order valence-electron chi connectivity index (χ2n) is 4.56. The Labute approximate surface area is 103 Å². The average Bonchev–Trinajstić information content (AvgIpc) is 2.39. The van der Waals surface area contributed by atoms with Gasteiger partial charge in [-0.2, -0.15) is 5.26 Å². The highest BCUT2D eigenvalue weighted by atomic mass is 14.3. The van der Waals surface area contributed by atoms with Crippen LogP contribution in [0.3, 0.4) is 0 Å². The molecule has 0 heterocycles. The van der Waals surface area contributed by atoms with Crippen LogP contribution < -0.4 is 0 Å². The first-order valence-electron chi connectivity index (χ1n) is 6.15. The lowest BCUT2D eigenvalue weighted by Crippen LogP contribution is -2.07. The molecular weight excluding hydrogens is 206 g/mol. The fraction of sp³-hybridized carbons (Fsp3) is 0.312. The molecule has 0 bridgehead atoms. The third-order valence-corrected chi connectivity index (χ3v) is 3.51. The van der Waals surface area contributed by atoms with Gasteiger partial charge in [-0.1, -0.05) is 62.7 Å². The second kappa shape index (κ2) is 5.01. The van der Waals surface area contributed by atoms with Crippen molar-refractivity contribution in [1.29, 1.82) is 5.26 Å². The highest BCUT2D eigenvalue weighted by Gasteiger charge is 2.19. The second-order valence-corrected chi connectivity index (χ2v) is 4.56. The van der Waals surface area contributed by atoms with Crippen molar-refractivity contribution in [2.24, 2.45) is 5.92 Å². The summed E-state index contributed by atoms with van der Waals surface area (Å²) in [5.74, 6) is 0.386. The van der Waals surface area contributed by atoms with Crippen LogP contribution in [-0.2, 0) is 0 Å². The molecule has 0 fully saturated rings. The van der Waals surface area contributed by atoms with Gasteiger partial charge in [0.1, 0.15) is 0 Å². The molecule has 17 heavy (non-hydrogen) atoms. The first-order chi connectivity index (χ1) is 8.27. The zero-order chi connectivity index (χ0) is 12.3. The van der Waals surface area contributed by atoms with Gasteiger partial charge in [0.15, 0.2) is 0 Å². The Morgan fingerprint density at radius 2 is 1.82 bits per heavy atom. The summed E-state index contributed by atoms with van der Waals surface area (Å²) in [4.78, 5) is 0. The molecule has 2 aromatic carbocycles. The molecule has 86 valence electrons. The Balaban J connectivity index is 2.58. The van der Waals surface area contributed by atoms with Gasteiger partial charge in [-0.05, 0) is 22.3 Å². The van der Waals surface area contributed by atoms with Gasteiger partial charge in [0.2, 0.25) is 0 Å². The van der Waals surface area contributed by atoms with Gasteiger partial charge in [0.25, 0.3) is 0 Å². The maximum atomic E-state index is 9.39. The quantitative estimate of drug-likeness (QED) is 0.752. The molecular formula is C16H17N. The van der Waals surface area contributed by atoms with Gasteiger partial charge >= 0.3 is 0 Å². The number of fused-ring (bicyclic) bond motifs is 1. The van der Waals surface area contributed by atoms with E-state index in [1.807, 2.05) is 18.2 Å². The number of rotatable bonds is 3. The first-order valence-corrected chi connectivity index (χ1v) is 6.15. The van der Waals surface area contributed by atoms with E-state index in [0.717, 1.165) is 6.42 Å². The summed E-state index contributed by atoms with van der Waals surface area (Å²) < 4.78 is 0. The molecule has 0 spiro atoms. The minimum atomic E-state index is -0.00824. The third kappa shape index (κ3) is 2.17. The van der Waals surface area contributed by atoms with Crippen molar-refractivity contribution in [3.05, 3.63) is 48.0 Å². The summed E-state index contributed by atoms with van der Waals surface area (Å²) in [6.45, 7) is 4.29. The number of nitrogens with zero attached hydrogens (tertiary/aromatic N) is 1. The number of benzene rings is 2. The molecule has 0 aliphatic heterocycles. The molecule has 0 saturated carbocycles. The van der Waals surface area contributed by atoms with Gasteiger partial charge in [0.05, 0.1) is 12.0 Å². The van der Waals surface area contributed by atoms with Gasteiger partial charge in [-0.25, -0.2) is 0 Å². The molecule has 0 aromatic heterocycles. The molecule has 0 amide bonds. The first kappa shape index (κ1) is 11.7. The number of nitriles is 1. The van der Waals surface area contributed by atoms with Crippen molar-refractivity contribution in [2.45, 2.75) is 26.2 Å². The minimum Gasteiger partial charge on any atom is -0.198 e. The monoisotopic (exact) mass is 223 g/mol. The number of hydrogen-bond acceptors (Lipinski definition) is 1. The molecule has 2 aromatic rings. The molecule has 0 N–H and O–H groups in total. The maximum absolute atomic E-state index is 9.39. The fourth-order valence-corrected chi connectivity index (χ4v) is 2.26. The maximum Gasteiger partial charge on any atom is 0.0744 e. The van der Waals surface area contributed by atoms with E-state index in [4.69, 9.17) is 0 Å². The van der Waals surface area contributed by atoms with Gasteiger partial charge in [-0.15, -0.1) is 0 Å². The molecule has 0 radical (unpaired) electrons. The standard InChI is InChI=1S/C16H17N/c1-3-12(2)16(11-17)15-10-6-8-13-7-4-5-9-14(13)15/h4-10,12,16H,3H2,1-2H3. The van der Waals surface area contributed by atoms with Crippen molar-refractivity contribution in [3.8, 4) is 6.07 Å². The highest BCUT2D eigenvalue weighted by molar-refractivity contribution is 5.86. The van der Waals surface area contributed by atoms with Crippen molar-refractivity contribution in [1.82, 2.24) is 0 Å². The Bertz CT molecular complexity index is 545. The van der Waals surface area contributed by atoms with Crippen LogP contribution in [0.4, 0.5) is 0 Å². The third-order valence-electron chi connectivity index (χ3n) is 3.51. The Hall–Kier alpha value is -1.81. The molecule has 1 nitrogen and oxygen atoms in total. The lowest BCUT2D eigenvalue weighted by molar-refractivity contribution is 0.516. The summed E-state index contributed by atoms with van der Waals surface area (Å²) in [6, 6.07) is 17.0. The minimum absolute atomic E-state index is 0.00824. The Morgan fingerprint density at radius 3 is 2.53 bits per heavy atom. The van der Waals surface area contributed by atoms with E-state index in [-0.39, 0.29) is 5.92 Å². The SMILES string of the molecule is CCC(C)C(C#N)c1cccc2ccccc12. The lowest BCUT2D eigenvalue weighted by Gasteiger charge is -2.18. The average molecular weight is 223 g/mol. The summed E-state index contributed by atoms with van der Waals surface area (Å²) in [6.07, 6.45) is 1.03. The molecule has 2 rings (SSSR count). The van der Waals surface area contributed by atoms with Crippen molar-refractivity contribution in [2.75, 3.05) is 0 Å². The summed E-state index contributed by atoms with van der Waals surface area (Å²) in [5.41, 5.74) is 1.17. The van der Waals surface area contributed by atoms with Gasteiger partial charge in [-0.3, -0.25) is 0 Å². The van der Waals surface area contributed by atoms with E-state index < -0.39 is 0 Å². The van der Waals surface area contributed by atoms with E-state index in [1.54, 1.807) is 0 Å². The molecule has 2 atom stereocenters. The van der Waals surface area contributed by atoms with Crippen LogP contribution in [0.15, 0.2) is 42.5 Å². The Morgan fingerprint density at radius 1 is 1.12 bits per heavy atom. The van der Waals surface area contributed by atoms with Gasteiger partial charge in [0, 0.05) is 0 Å². The van der Waals surface area contributed by atoms with Crippen LogP contribution in [0.25, 0.3) is 10.8 Å². The molecule has 2 unspecified atom stereocenters. The van der Waals surface area contributed by atoms with Crippen LogP contribution in [-0.4, -0.2) is 0 Å². The van der Waals surface area contributed by atoms with Crippen molar-refractivity contribution >= 4 is 10.8 Å². The van der Waals surface area contributed by atoms with E-state index >= 15 is 0 Å². The zero-order valence-corrected chi connectivity index (χ0v) is 10.4. The molecule has 0 aliphatic rings. The zero-order valence-electron chi connectivity index (χ0n) is 10.4. The lowest BCUT2D eigenvalue weighted by atomic mass is 9.84. The Kier molecular flexibility index (Phi) is 3.44. The van der Waals surface area contributed by atoms with E-state index in [9.17, 15) is 5.26 Å². The van der Waals surface area contributed by atoms with Crippen LogP contribution in [0.2, 0.25) is 0 Å². The summed E-state index contributed by atoms with van der Waals surface area (Å²) >= 11 is 0. The van der Waals surface area contributed by atoms with E-state index in [1.165, 1.54) is 16.3 Å². The molecule has 0 aliphatic carbocycles. The van der Waals surface area contributed by atoms with Crippen molar-refractivity contribution < 1.29 is 0 Å². The van der Waals surface area contributed by atoms with E-state index in [2.05, 4.69) is 44.2 Å².